The Balaban J connectivity index is 2.16. The van der Waals surface area contributed by atoms with Gasteiger partial charge in [-0.25, -0.2) is 0 Å². The first-order valence-electron chi connectivity index (χ1n) is 6.00. The van der Waals surface area contributed by atoms with E-state index < -0.39 is 6.61 Å². The molecule has 2 rings (SSSR count). The lowest BCUT2D eigenvalue weighted by atomic mass is 10.2. The molecule has 0 amide bonds. The fourth-order valence-electron chi connectivity index (χ4n) is 1.65. The van der Waals surface area contributed by atoms with Gasteiger partial charge in [0.1, 0.15) is 12.9 Å². The quantitative estimate of drug-likeness (QED) is 0.745. The number of benzene rings is 2. The van der Waals surface area contributed by atoms with E-state index in [-0.39, 0.29) is 18.1 Å². The highest BCUT2D eigenvalue weighted by Crippen LogP contribution is 2.30. The summed E-state index contributed by atoms with van der Waals surface area (Å²) in [5, 5.41) is 0.587. The number of aldehydes is 1. The average Bonchev–Trinajstić information content (AvgIpc) is 2.47. The van der Waals surface area contributed by atoms with Gasteiger partial charge in [-0.15, -0.1) is 0 Å². The van der Waals surface area contributed by atoms with Crippen LogP contribution >= 0.6 is 11.6 Å². The predicted molar refractivity (Wildman–Crippen MR) is 74.2 cm³/mol. The maximum Gasteiger partial charge on any atom is 0.387 e. The van der Waals surface area contributed by atoms with Crippen molar-refractivity contribution in [1.29, 1.82) is 0 Å². The van der Waals surface area contributed by atoms with Crippen LogP contribution in [0.25, 0.3) is 0 Å². The van der Waals surface area contributed by atoms with Crippen molar-refractivity contribution in [2.24, 2.45) is 0 Å². The normalized spacial score (nSPS) is 10.5. The van der Waals surface area contributed by atoms with E-state index in [9.17, 15) is 13.6 Å². The second-order valence-electron chi connectivity index (χ2n) is 4.12. The topological polar surface area (TPSA) is 35.5 Å². The minimum Gasteiger partial charge on any atom is -0.485 e. The van der Waals surface area contributed by atoms with Gasteiger partial charge in [0.25, 0.3) is 0 Å². The maximum absolute atomic E-state index is 12.3. The number of alkyl halides is 2. The molecule has 0 atom stereocenters. The van der Waals surface area contributed by atoms with Crippen molar-refractivity contribution in [1.82, 2.24) is 0 Å². The maximum atomic E-state index is 12.3. The first-order valence-corrected chi connectivity index (χ1v) is 6.37. The zero-order valence-corrected chi connectivity index (χ0v) is 11.5. The minimum absolute atomic E-state index is 0.0786. The van der Waals surface area contributed by atoms with Gasteiger partial charge in [0, 0.05) is 10.6 Å². The molecule has 0 spiro atoms. The molecule has 0 aliphatic rings. The first kappa shape index (κ1) is 15.3. The highest BCUT2D eigenvalue weighted by Gasteiger charge is 2.12. The number of ether oxygens (including phenoxy) is 2. The van der Waals surface area contributed by atoms with Crippen LogP contribution in [0.5, 0.6) is 11.5 Å². The third-order valence-electron chi connectivity index (χ3n) is 2.63. The molecular formula is C15H11ClF2O3. The predicted octanol–water partition coefficient (Wildman–Crippen LogP) is 4.33. The van der Waals surface area contributed by atoms with Gasteiger partial charge in [-0.2, -0.15) is 8.78 Å². The summed E-state index contributed by atoms with van der Waals surface area (Å²) >= 11 is 5.77. The summed E-state index contributed by atoms with van der Waals surface area (Å²) in [4.78, 5) is 10.7. The van der Waals surface area contributed by atoms with Crippen molar-refractivity contribution in [2.75, 3.05) is 0 Å². The molecule has 0 bridgehead atoms. The summed E-state index contributed by atoms with van der Waals surface area (Å²) < 4.78 is 34.5. The molecule has 0 saturated carbocycles. The molecule has 0 radical (unpaired) electrons. The Morgan fingerprint density at radius 1 is 1.10 bits per heavy atom. The Morgan fingerprint density at radius 2 is 1.81 bits per heavy atom. The second-order valence-corrected chi connectivity index (χ2v) is 4.55. The molecule has 110 valence electrons. The summed E-state index contributed by atoms with van der Waals surface area (Å²) in [6.45, 7) is -2.83. The molecule has 2 aromatic carbocycles. The van der Waals surface area contributed by atoms with Gasteiger partial charge in [-0.05, 0) is 35.9 Å². The van der Waals surface area contributed by atoms with Gasteiger partial charge in [-0.1, -0.05) is 23.7 Å². The van der Waals surface area contributed by atoms with Gasteiger partial charge >= 0.3 is 6.61 Å². The smallest absolute Gasteiger partial charge is 0.387 e. The Hall–Kier alpha value is -2.14. The van der Waals surface area contributed by atoms with E-state index in [0.29, 0.717) is 16.9 Å². The summed E-state index contributed by atoms with van der Waals surface area (Å²) in [6, 6.07) is 10.9. The number of halogens is 3. The molecular weight excluding hydrogens is 302 g/mol. The number of rotatable bonds is 6. The Morgan fingerprint density at radius 3 is 2.43 bits per heavy atom. The minimum atomic E-state index is -2.97. The van der Waals surface area contributed by atoms with Crippen molar-refractivity contribution in [3.63, 3.8) is 0 Å². The summed E-state index contributed by atoms with van der Waals surface area (Å²) in [6.07, 6.45) is 0.599. The summed E-state index contributed by atoms with van der Waals surface area (Å²) in [7, 11) is 0. The lowest BCUT2D eigenvalue weighted by Gasteiger charge is -2.12. The fourth-order valence-corrected chi connectivity index (χ4v) is 1.77. The summed E-state index contributed by atoms with van der Waals surface area (Å²) in [5.74, 6) is -0.0422. The van der Waals surface area contributed by atoms with E-state index >= 15 is 0 Å². The van der Waals surface area contributed by atoms with Crippen molar-refractivity contribution >= 4 is 17.9 Å². The Kier molecular flexibility index (Phi) is 5.11. The highest BCUT2D eigenvalue weighted by atomic mass is 35.5. The van der Waals surface area contributed by atoms with Crippen LogP contribution in [-0.4, -0.2) is 12.9 Å². The largest absolute Gasteiger partial charge is 0.485 e. The van der Waals surface area contributed by atoms with E-state index in [4.69, 9.17) is 16.3 Å². The zero-order chi connectivity index (χ0) is 15.2. The monoisotopic (exact) mass is 312 g/mol. The third-order valence-corrected chi connectivity index (χ3v) is 2.88. The van der Waals surface area contributed by atoms with Crippen LogP contribution in [0.1, 0.15) is 15.9 Å². The van der Waals surface area contributed by atoms with E-state index in [2.05, 4.69) is 4.74 Å². The summed E-state index contributed by atoms with van der Waals surface area (Å²) in [5.41, 5.74) is 1.11. The highest BCUT2D eigenvalue weighted by molar-refractivity contribution is 6.30. The number of carbonyl (C=O) groups excluding carboxylic acids is 1. The van der Waals surface area contributed by atoms with Crippen LogP contribution in [0.2, 0.25) is 5.02 Å². The van der Waals surface area contributed by atoms with Crippen molar-refractivity contribution in [2.45, 2.75) is 13.2 Å². The number of carbonyl (C=O) groups is 1. The number of hydrogen-bond donors (Lipinski definition) is 0. The van der Waals surface area contributed by atoms with Crippen LogP contribution in [0.3, 0.4) is 0 Å². The lowest BCUT2D eigenvalue weighted by Crippen LogP contribution is -2.05. The van der Waals surface area contributed by atoms with E-state index in [1.807, 2.05) is 0 Å². The van der Waals surface area contributed by atoms with Crippen molar-refractivity contribution in [3.8, 4) is 11.5 Å². The molecule has 0 aliphatic heterocycles. The molecule has 0 unspecified atom stereocenters. The van der Waals surface area contributed by atoms with E-state index in [0.717, 1.165) is 5.56 Å². The van der Waals surface area contributed by atoms with Crippen LogP contribution in [0, 0.1) is 0 Å². The standard InChI is InChI=1S/C15H11ClF2O3/c16-12-4-1-10(2-5-12)9-20-14-7-11(8-19)3-6-13(14)21-15(17)18/h1-8,15H,9H2. The van der Waals surface area contributed by atoms with E-state index in [1.165, 1.54) is 18.2 Å². The van der Waals surface area contributed by atoms with Crippen LogP contribution in [-0.2, 0) is 6.61 Å². The van der Waals surface area contributed by atoms with Crippen LogP contribution < -0.4 is 9.47 Å². The Bertz CT molecular complexity index is 615. The Labute approximate surface area is 125 Å². The van der Waals surface area contributed by atoms with Gasteiger partial charge in [0.15, 0.2) is 11.5 Å². The van der Waals surface area contributed by atoms with Crippen molar-refractivity contribution < 1.29 is 23.0 Å². The molecule has 0 aromatic heterocycles. The fraction of sp³-hybridized carbons (Fsp3) is 0.133. The van der Waals surface area contributed by atoms with Crippen LogP contribution in [0.15, 0.2) is 42.5 Å². The molecule has 2 aromatic rings. The van der Waals surface area contributed by atoms with E-state index in [1.54, 1.807) is 24.3 Å². The van der Waals surface area contributed by atoms with Gasteiger partial charge in [-0.3, -0.25) is 4.79 Å². The molecule has 21 heavy (non-hydrogen) atoms. The lowest BCUT2D eigenvalue weighted by molar-refractivity contribution is -0.0515. The molecule has 0 saturated heterocycles. The SMILES string of the molecule is O=Cc1ccc(OC(F)F)c(OCc2ccc(Cl)cc2)c1. The number of hydrogen-bond acceptors (Lipinski definition) is 3. The van der Waals surface area contributed by atoms with Gasteiger partial charge < -0.3 is 9.47 Å². The van der Waals surface area contributed by atoms with Crippen LogP contribution in [0.4, 0.5) is 8.78 Å². The molecule has 6 heteroatoms. The molecule has 0 heterocycles. The second kappa shape index (κ2) is 7.04. The molecule has 0 N–H and O–H groups in total. The molecule has 0 fully saturated rings. The average molecular weight is 313 g/mol. The zero-order valence-electron chi connectivity index (χ0n) is 10.8. The van der Waals surface area contributed by atoms with Crippen molar-refractivity contribution in [3.05, 3.63) is 58.6 Å². The van der Waals surface area contributed by atoms with Gasteiger partial charge in [0.2, 0.25) is 0 Å². The molecule has 3 nitrogen and oxygen atoms in total. The van der Waals surface area contributed by atoms with Gasteiger partial charge in [0.05, 0.1) is 0 Å². The third kappa shape index (κ3) is 4.43. The molecule has 0 aliphatic carbocycles. The first-order chi connectivity index (χ1) is 10.1.